The lowest BCUT2D eigenvalue weighted by molar-refractivity contribution is 0.184. The van der Waals surface area contributed by atoms with Crippen molar-refractivity contribution >= 4 is 11.6 Å². The molecule has 0 amide bonds. The van der Waals surface area contributed by atoms with Crippen molar-refractivity contribution < 1.29 is 13.9 Å². The third kappa shape index (κ3) is 5.39. The lowest BCUT2D eigenvalue weighted by Crippen LogP contribution is -2.00. The molecule has 0 aliphatic heterocycles. The molecule has 1 aromatic rings. The minimum atomic E-state index is -0.387. The minimum Gasteiger partial charge on any atom is -0.493 e. The molecule has 0 fully saturated rings. The third-order valence-electron chi connectivity index (χ3n) is 2.24. The van der Waals surface area contributed by atoms with Gasteiger partial charge in [0.15, 0.2) is 0 Å². The average Bonchev–Trinajstić information content (AvgIpc) is 2.37. The van der Waals surface area contributed by atoms with E-state index in [0.29, 0.717) is 24.5 Å². The molecule has 0 saturated carbocycles. The predicted octanol–water partition coefficient (Wildman–Crippen LogP) is 3.22. The molecule has 0 bridgehead atoms. The summed E-state index contributed by atoms with van der Waals surface area (Å²) in [6.45, 7) is 1.26. The highest BCUT2D eigenvalue weighted by atomic mass is 35.5. The van der Waals surface area contributed by atoms with Crippen molar-refractivity contribution in [1.82, 2.24) is 0 Å². The number of methoxy groups -OCH3 is 1. The largest absolute Gasteiger partial charge is 0.493 e. The zero-order chi connectivity index (χ0) is 13.2. The highest BCUT2D eigenvalue weighted by Crippen LogP contribution is 2.16. The third-order valence-corrected chi connectivity index (χ3v) is 2.38. The zero-order valence-electron chi connectivity index (χ0n) is 10.3. The fraction of sp³-hybridized carbons (Fsp3) is 0.429. The lowest BCUT2D eigenvalue weighted by Gasteiger charge is -2.06. The van der Waals surface area contributed by atoms with Gasteiger partial charge in [-0.25, -0.2) is 4.39 Å². The number of alkyl halides is 1. The number of halogens is 2. The molecule has 2 nitrogen and oxygen atoms in total. The van der Waals surface area contributed by atoms with Crippen molar-refractivity contribution in [3.63, 3.8) is 0 Å². The standard InChI is InChI=1S/C14H16ClFO2/c1-17-9-2-3-10-18-13-7-6-12(5-4-8-15)14(16)11-13/h6-7,11H,2-3,8-10H2,1H3. The van der Waals surface area contributed by atoms with E-state index in [1.165, 1.54) is 6.07 Å². The van der Waals surface area contributed by atoms with Crippen LogP contribution in [0.2, 0.25) is 0 Å². The molecular formula is C14H16ClFO2. The second-order valence-corrected chi connectivity index (χ2v) is 3.89. The van der Waals surface area contributed by atoms with E-state index in [4.69, 9.17) is 21.1 Å². The van der Waals surface area contributed by atoms with Crippen LogP contribution in [0.5, 0.6) is 5.75 Å². The van der Waals surface area contributed by atoms with Crippen LogP contribution < -0.4 is 4.74 Å². The summed E-state index contributed by atoms with van der Waals surface area (Å²) in [6.07, 6.45) is 1.81. The van der Waals surface area contributed by atoms with E-state index in [9.17, 15) is 4.39 Å². The average molecular weight is 271 g/mol. The van der Waals surface area contributed by atoms with Crippen LogP contribution in [0.25, 0.3) is 0 Å². The van der Waals surface area contributed by atoms with E-state index in [-0.39, 0.29) is 11.7 Å². The smallest absolute Gasteiger partial charge is 0.142 e. The van der Waals surface area contributed by atoms with Crippen LogP contribution in [0.15, 0.2) is 18.2 Å². The van der Waals surface area contributed by atoms with Crippen LogP contribution in [0, 0.1) is 17.7 Å². The van der Waals surface area contributed by atoms with Gasteiger partial charge in [-0.1, -0.05) is 11.8 Å². The first-order valence-corrected chi connectivity index (χ1v) is 6.27. The topological polar surface area (TPSA) is 18.5 Å². The quantitative estimate of drug-likeness (QED) is 0.449. The van der Waals surface area contributed by atoms with Crippen LogP contribution in [0.1, 0.15) is 18.4 Å². The van der Waals surface area contributed by atoms with Crippen molar-refractivity contribution in [3.05, 3.63) is 29.6 Å². The molecule has 0 aliphatic rings. The fourth-order valence-electron chi connectivity index (χ4n) is 1.35. The predicted molar refractivity (Wildman–Crippen MR) is 70.6 cm³/mol. The van der Waals surface area contributed by atoms with Gasteiger partial charge >= 0.3 is 0 Å². The Hall–Kier alpha value is -1.24. The Morgan fingerprint density at radius 1 is 1.28 bits per heavy atom. The van der Waals surface area contributed by atoms with E-state index >= 15 is 0 Å². The van der Waals surface area contributed by atoms with Crippen molar-refractivity contribution in [1.29, 1.82) is 0 Å². The molecule has 4 heteroatoms. The molecule has 98 valence electrons. The fourth-order valence-corrected chi connectivity index (χ4v) is 1.42. The van der Waals surface area contributed by atoms with Crippen LogP contribution in [-0.4, -0.2) is 26.2 Å². The van der Waals surface area contributed by atoms with Gasteiger partial charge in [0.1, 0.15) is 11.6 Å². The summed E-state index contributed by atoms with van der Waals surface area (Å²) in [4.78, 5) is 0. The van der Waals surface area contributed by atoms with E-state index in [1.807, 2.05) is 0 Å². The van der Waals surface area contributed by atoms with Crippen molar-refractivity contribution in [2.75, 3.05) is 26.2 Å². The molecule has 1 aromatic carbocycles. The lowest BCUT2D eigenvalue weighted by atomic mass is 10.2. The summed E-state index contributed by atoms with van der Waals surface area (Å²) >= 11 is 5.41. The van der Waals surface area contributed by atoms with Gasteiger partial charge in [-0.3, -0.25) is 0 Å². The maximum Gasteiger partial charge on any atom is 0.142 e. The Kier molecular flexibility index (Phi) is 7.24. The van der Waals surface area contributed by atoms with Crippen molar-refractivity contribution in [2.45, 2.75) is 12.8 Å². The summed E-state index contributed by atoms with van der Waals surface area (Å²) in [5.74, 6) is 5.58. The highest BCUT2D eigenvalue weighted by Gasteiger charge is 2.02. The van der Waals surface area contributed by atoms with Gasteiger partial charge in [0.25, 0.3) is 0 Å². The molecule has 1 rings (SSSR count). The van der Waals surface area contributed by atoms with Crippen LogP contribution in [0.3, 0.4) is 0 Å². The summed E-state index contributed by atoms with van der Waals surface area (Å²) in [5, 5.41) is 0. The van der Waals surface area contributed by atoms with Gasteiger partial charge in [-0.2, -0.15) is 0 Å². The first kappa shape index (κ1) is 14.8. The number of hydrogen-bond acceptors (Lipinski definition) is 2. The van der Waals surface area contributed by atoms with Crippen LogP contribution in [-0.2, 0) is 4.74 Å². The maximum absolute atomic E-state index is 13.6. The Bertz CT molecular complexity index is 424. The first-order valence-electron chi connectivity index (χ1n) is 5.74. The molecule has 0 saturated heterocycles. The van der Waals surface area contributed by atoms with Gasteiger partial charge in [-0.15, -0.1) is 11.6 Å². The Morgan fingerprint density at radius 2 is 2.06 bits per heavy atom. The van der Waals surface area contributed by atoms with Gasteiger partial charge in [0, 0.05) is 19.8 Å². The van der Waals surface area contributed by atoms with Crippen LogP contribution in [0.4, 0.5) is 4.39 Å². The molecule has 0 aliphatic carbocycles. The van der Waals surface area contributed by atoms with Gasteiger partial charge in [0.2, 0.25) is 0 Å². The molecule has 0 spiro atoms. The van der Waals surface area contributed by atoms with E-state index in [2.05, 4.69) is 11.8 Å². The molecule has 0 heterocycles. The van der Waals surface area contributed by atoms with Gasteiger partial charge < -0.3 is 9.47 Å². The van der Waals surface area contributed by atoms with Crippen molar-refractivity contribution in [2.24, 2.45) is 0 Å². The van der Waals surface area contributed by atoms with E-state index in [0.717, 1.165) is 12.8 Å². The zero-order valence-corrected chi connectivity index (χ0v) is 11.1. The summed E-state index contributed by atoms with van der Waals surface area (Å²) in [6, 6.07) is 4.64. The molecule has 0 N–H and O–H groups in total. The monoisotopic (exact) mass is 270 g/mol. The molecule has 0 aromatic heterocycles. The van der Waals surface area contributed by atoms with Gasteiger partial charge in [0.05, 0.1) is 18.1 Å². The normalized spacial score (nSPS) is 9.72. The Morgan fingerprint density at radius 3 is 2.72 bits per heavy atom. The number of benzene rings is 1. The van der Waals surface area contributed by atoms with E-state index < -0.39 is 0 Å². The summed E-state index contributed by atoms with van der Waals surface area (Å²) in [5.41, 5.74) is 0.336. The first-order chi connectivity index (χ1) is 8.77. The second kappa shape index (κ2) is 8.79. The van der Waals surface area contributed by atoms with Crippen molar-refractivity contribution in [3.8, 4) is 17.6 Å². The molecule has 0 unspecified atom stereocenters. The van der Waals surface area contributed by atoms with Gasteiger partial charge in [-0.05, 0) is 25.0 Å². The minimum absolute atomic E-state index is 0.192. The summed E-state index contributed by atoms with van der Waals surface area (Å²) < 4.78 is 23.9. The summed E-state index contributed by atoms with van der Waals surface area (Å²) in [7, 11) is 1.66. The molecule has 0 radical (unpaired) electrons. The maximum atomic E-state index is 13.6. The molecule has 0 atom stereocenters. The molecular weight excluding hydrogens is 255 g/mol. The van der Waals surface area contributed by atoms with Crippen LogP contribution >= 0.6 is 11.6 Å². The van der Waals surface area contributed by atoms with E-state index in [1.54, 1.807) is 19.2 Å². The molecule has 18 heavy (non-hydrogen) atoms. The SMILES string of the molecule is COCCCCOc1ccc(C#CCCl)c(F)c1. The Balaban J connectivity index is 2.46. The number of hydrogen-bond donors (Lipinski definition) is 0. The number of unbranched alkanes of at least 4 members (excludes halogenated alkanes) is 1. The number of ether oxygens (including phenoxy) is 2. The number of rotatable bonds is 6. The highest BCUT2D eigenvalue weighted by molar-refractivity contribution is 6.19. The Labute approximate surface area is 112 Å². The second-order valence-electron chi connectivity index (χ2n) is 3.63.